The number of Topliss-reactive ketones (excluding diaryl/α,β-unsaturated/α-hetero) is 1. The van der Waals surface area contributed by atoms with E-state index in [1.165, 1.54) is 11.8 Å². The van der Waals surface area contributed by atoms with Crippen LogP contribution in [0.15, 0.2) is 30.3 Å². The van der Waals surface area contributed by atoms with E-state index in [1.807, 2.05) is 6.07 Å². The number of nitrogens with one attached hydrogen (secondary N) is 2. The van der Waals surface area contributed by atoms with Crippen LogP contribution >= 0.6 is 0 Å². The number of alkyl carbamates (subject to hydrolysis) is 1. The first-order valence-corrected chi connectivity index (χ1v) is 8.81. The van der Waals surface area contributed by atoms with Crippen molar-refractivity contribution in [1.82, 2.24) is 15.5 Å². The van der Waals surface area contributed by atoms with Gasteiger partial charge in [-0.2, -0.15) is 0 Å². The summed E-state index contributed by atoms with van der Waals surface area (Å²) >= 11 is 0. The van der Waals surface area contributed by atoms with Gasteiger partial charge in [0.15, 0.2) is 5.78 Å². The summed E-state index contributed by atoms with van der Waals surface area (Å²) in [5.41, 5.74) is 0.786. The molecule has 0 aliphatic rings. The molecule has 0 unspecified atom stereocenters. The molecular formula is C19H26FN3O5. The summed E-state index contributed by atoms with van der Waals surface area (Å²) in [4.78, 5) is 48.7. The topological polar surface area (TPSA) is 105 Å². The van der Waals surface area contributed by atoms with E-state index in [1.54, 1.807) is 38.4 Å². The minimum atomic E-state index is -1.26. The van der Waals surface area contributed by atoms with Crippen molar-refractivity contribution in [2.45, 2.75) is 38.5 Å². The van der Waals surface area contributed by atoms with E-state index < -0.39 is 36.5 Å². The normalized spacial score (nSPS) is 12.4. The highest BCUT2D eigenvalue weighted by Crippen LogP contribution is 2.04. The molecule has 1 aromatic rings. The van der Waals surface area contributed by atoms with Crippen molar-refractivity contribution in [1.29, 1.82) is 0 Å². The summed E-state index contributed by atoms with van der Waals surface area (Å²) in [5, 5.41) is 4.71. The summed E-state index contributed by atoms with van der Waals surface area (Å²) in [6.45, 7) is 0.180. The van der Waals surface area contributed by atoms with E-state index in [9.17, 15) is 23.6 Å². The Morgan fingerprint density at radius 3 is 2.32 bits per heavy atom. The third-order valence-corrected chi connectivity index (χ3v) is 3.92. The predicted octanol–water partition coefficient (Wildman–Crippen LogP) is 1.19. The van der Waals surface area contributed by atoms with E-state index in [4.69, 9.17) is 4.74 Å². The third-order valence-electron chi connectivity index (χ3n) is 3.92. The number of ketones is 1. The van der Waals surface area contributed by atoms with Gasteiger partial charge in [0.05, 0.1) is 6.04 Å². The minimum Gasteiger partial charge on any atom is -0.445 e. The number of carbonyl (C=O) groups is 4. The van der Waals surface area contributed by atoms with Crippen LogP contribution in [0.25, 0.3) is 0 Å². The fourth-order valence-electron chi connectivity index (χ4n) is 2.20. The number of halogens is 1. The van der Waals surface area contributed by atoms with Crippen LogP contribution in [0.5, 0.6) is 0 Å². The van der Waals surface area contributed by atoms with E-state index >= 15 is 0 Å². The van der Waals surface area contributed by atoms with Crippen LogP contribution in [0, 0.1) is 0 Å². The van der Waals surface area contributed by atoms with Gasteiger partial charge >= 0.3 is 6.09 Å². The monoisotopic (exact) mass is 395 g/mol. The maximum absolute atomic E-state index is 12.8. The van der Waals surface area contributed by atoms with Crippen LogP contribution in [0.1, 0.15) is 25.3 Å². The molecule has 0 bridgehead atoms. The number of amides is 3. The average molecular weight is 395 g/mol. The van der Waals surface area contributed by atoms with E-state index in [0.29, 0.717) is 0 Å². The summed E-state index contributed by atoms with van der Waals surface area (Å²) in [6, 6.07) is 6.84. The number of hydrogen-bond donors (Lipinski definition) is 2. The van der Waals surface area contributed by atoms with Crippen LogP contribution in [-0.4, -0.2) is 61.4 Å². The molecule has 9 heteroatoms. The van der Waals surface area contributed by atoms with Crippen LogP contribution < -0.4 is 10.6 Å². The lowest BCUT2D eigenvalue weighted by Gasteiger charge is -2.20. The van der Waals surface area contributed by atoms with Crippen LogP contribution in [0.3, 0.4) is 0 Å². The smallest absolute Gasteiger partial charge is 0.408 e. The standard InChI is InChI=1S/C19H26FN3O5/c1-13(21-19(27)28-12-14-7-5-4-6-8-14)18(26)22-15(16(24)11-20)9-10-17(25)23(2)3/h4-8,13,15H,9-12H2,1-3H3,(H,21,27)(H,22,26)/t13-,15-/m0/s1. The second-order valence-corrected chi connectivity index (χ2v) is 6.42. The zero-order valence-electron chi connectivity index (χ0n) is 16.2. The number of ether oxygens (including phenoxy) is 1. The predicted molar refractivity (Wildman–Crippen MR) is 100 cm³/mol. The van der Waals surface area contributed by atoms with Crippen molar-refractivity contribution in [2.75, 3.05) is 20.8 Å². The highest BCUT2D eigenvalue weighted by Gasteiger charge is 2.25. The average Bonchev–Trinajstić information content (AvgIpc) is 2.68. The van der Waals surface area contributed by atoms with Gasteiger partial charge in [-0.15, -0.1) is 0 Å². The molecule has 1 rings (SSSR count). The molecule has 0 aliphatic heterocycles. The fourth-order valence-corrected chi connectivity index (χ4v) is 2.20. The highest BCUT2D eigenvalue weighted by atomic mass is 19.1. The summed E-state index contributed by atoms with van der Waals surface area (Å²) in [5.74, 6) is -1.76. The van der Waals surface area contributed by atoms with Gasteiger partial charge in [0.25, 0.3) is 0 Å². The van der Waals surface area contributed by atoms with Gasteiger partial charge < -0.3 is 20.3 Å². The Hall–Kier alpha value is -2.97. The Balaban J connectivity index is 2.52. The lowest BCUT2D eigenvalue weighted by atomic mass is 10.1. The second-order valence-electron chi connectivity index (χ2n) is 6.42. The van der Waals surface area contributed by atoms with Crippen LogP contribution in [-0.2, 0) is 25.7 Å². The lowest BCUT2D eigenvalue weighted by Crippen LogP contribution is -2.51. The molecule has 1 aromatic carbocycles. The van der Waals surface area contributed by atoms with E-state index in [-0.39, 0.29) is 25.4 Å². The molecule has 0 aromatic heterocycles. The Labute approximate surface area is 163 Å². The lowest BCUT2D eigenvalue weighted by molar-refractivity contribution is -0.131. The molecule has 2 atom stereocenters. The molecule has 2 N–H and O–H groups in total. The molecule has 0 fully saturated rings. The summed E-state index contributed by atoms with van der Waals surface area (Å²) in [7, 11) is 3.11. The number of hydrogen-bond acceptors (Lipinski definition) is 5. The Kier molecular flexibility index (Phi) is 9.63. The van der Waals surface area contributed by atoms with Crippen molar-refractivity contribution >= 4 is 23.7 Å². The Bertz CT molecular complexity index is 681. The van der Waals surface area contributed by atoms with Crippen molar-refractivity contribution in [3.05, 3.63) is 35.9 Å². The largest absolute Gasteiger partial charge is 0.445 e. The van der Waals surface area contributed by atoms with E-state index in [2.05, 4.69) is 10.6 Å². The first-order valence-electron chi connectivity index (χ1n) is 8.81. The van der Waals surface area contributed by atoms with Crippen molar-refractivity contribution in [3.63, 3.8) is 0 Å². The van der Waals surface area contributed by atoms with Gasteiger partial charge in [-0.1, -0.05) is 30.3 Å². The molecular weight excluding hydrogens is 369 g/mol. The van der Waals surface area contributed by atoms with Gasteiger partial charge in [-0.3, -0.25) is 14.4 Å². The highest BCUT2D eigenvalue weighted by molar-refractivity contribution is 5.92. The zero-order valence-corrected chi connectivity index (χ0v) is 16.2. The number of nitrogens with zero attached hydrogens (tertiary/aromatic N) is 1. The van der Waals surface area contributed by atoms with Gasteiger partial charge in [-0.25, -0.2) is 9.18 Å². The van der Waals surface area contributed by atoms with Gasteiger partial charge in [0.2, 0.25) is 11.8 Å². The molecule has 0 spiro atoms. The minimum absolute atomic E-state index is 0.0232. The Morgan fingerprint density at radius 2 is 1.75 bits per heavy atom. The molecule has 0 saturated carbocycles. The van der Waals surface area contributed by atoms with Gasteiger partial charge in [-0.05, 0) is 18.9 Å². The number of carbonyl (C=O) groups excluding carboxylic acids is 4. The van der Waals surface area contributed by atoms with E-state index in [0.717, 1.165) is 5.56 Å². The first kappa shape index (κ1) is 23.1. The fraction of sp³-hybridized carbons (Fsp3) is 0.474. The van der Waals surface area contributed by atoms with Crippen molar-refractivity contribution in [3.8, 4) is 0 Å². The van der Waals surface area contributed by atoms with Gasteiger partial charge in [0.1, 0.15) is 19.3 Å². The number of benzene rings is 1. The van der Waals surface area contributed by atoms with Crippen LogP contribution in [0.2, 0.25) is 0 Å². The molecule has 8 nitrogen and oxygen atoms in total. The maximum atomic E-state index is 12.8. The molecule has 3 amide bonds. The number of alkyl halides is 1. The SMILES string of the molecule is C[C@H](NC(=O)OCc1ccccc1)C(=O)N[C@@H](CCC(=O)N(C)C)C(=O)CF. The summed E-state index contributed by atoms with van der Waals surface area (Å²) < 4.78 is 17.8. The Morgan fingerprint density at radius 1 is 1.11 bits per heavy atom. The molecule has 154 valence electrons. The van der Waals surface area contributed by atoms with Crippen molar-refractivity contribution < 1.29 is 28.3 Å². The molecule has 28 heavy (non-hydrogen) atoms. The molecule has 0 heterocycles. The molecule has 0 aliphatic carbocycles. The summed E-state index contributed by atoms with van der Waals surface area (Å²) in [6.07, 6.45) is -0.857. The quantitative estimate of drug-likeness (QED) is 0.619. The first-order chi connectivity index (χ1) is 13.2. The molecule has 0 radical (unpaired) electrons. The third kappa shape index (κ3) is 8.15. The van der Waals surface area contributed by atoms with Crippen LogP contribution in [0.4, 0.5) is 9.18 Å². The number of rotatable bonds is 10. The zero-order chi connectivity index (χ0) is 21.1. The maximum Gasteiger partial charge on any atom is 0.408 e. The second kappa shape index (κ2) is 11.7. The molecule has 0 saturated heterocycles. The van der Waals surface area contributed by atoms with Gasteiger partial charge in [0, 0.05) is 20.5 Å². The van der Waals surface area contributed by atoms with Crippen molar-refractivity contribution in [2.24, 2.45) is 0 Å².